The molecule has 0 bridgehead atoms. The minimum Gasteiger partial charge on any atom is -0.370 e. The Morgan fingerprint density at radius 1 is 1.62 bits per heavy atom. The molecule has 0 radical (unpaired) electrons. The molecule has 1 heterocycles. The fourth-order valence-electron chi connectivity index (χ4n) is 2.10. The Balaban J connectivity index is 0.00000225. The van der Waals surface area contributed by atoms with Crippen molar-refractivity contribution in [2.45, 2.75) is 32.3 Å². The minimum absolute atomic E-state index is 0. The van der Waals surface area contributed by atoms with Gasteiger partial charge in [0.1, 0.15) is 6.10 Å². The Morgan fingerprint density at radius 2 is 2.31 bits per heavy atom. The van der Waals surface area contributed by atoms with Crippen molar-refractivity contribution < 1.29 is 9.53 Å². The lowest BCUT2D eigenvalue weighted by atomic mass is 9.95. The van der Waals surface area contributed by atoms with E-state index in [1.54, 1.807) is 0 Å². The lowest BCUT2D eigenvalue weighted by molar-refractivity contribution is -0.143. The van der Waals surface area contributed by atoms with Crippen molar-refractivity contribution in [1.82, 2.24) is 4.90 Å². The first-order valence-electron chi connectivity index (χ1n) is 5.74. The van der Waals surface area contributed by atoms with E-state index in [-0.39, 0.29) is 24.9 Å². The summed E-state index contributed by atoms with van der Waals surface area (Å²) in [4.78, 5) is 13.8. The summed E-state index contributed by atoms with van der Waals surface area (Å²) in [6, 6.07) is 0. The van der Waals surface area contributed by atoms with Crippen LogP contribution >= 0.6 is 12.4 Å². The third-order valence-electron chi connectivity index (χ3n) is 3.18. The highest BCUT2D eigenvalue weighted by Crippen LogP contribution is 2.19. The van der Waals surface area contributed by atoms with Crippen molar-refractivity contribution in [3.8, 4) is 0 Å². The standard InChI is InChI=1S/C11H22N2O2.ClH/c1-3-9-5-4-6-13(8-9)11(14)10(7-12)15-2;/h9-10H,3-8,12H2,1-2H3;1H. The van der Waals surface area contributed by atoms with Crippen LogP contribution in [-0.4, -0.2) is 43.7 Å². The molecule has 4 nitrogen and oxygen atoms in total. The molecule has 1 aliphatic heterocycles. The Bertz CT molecular complexity index is 210. The first-order valence-corrected chi connectivity index (χ1v) is 5.74. The van der Waals surface area contributed by atoms with Gasteiger partial charge in [0.2, 0.25) is 0 Å². The molecule has 0 aromatic carbocycles. The molecule has 2 atom stereocenters. The molecule has 2 unspecified atom stereocenters. The van der Waals surface area contributed by atoms with Crippen LogP contribution in [0.1, 0.15) is 26.2 Å². The Hall–Kier alpha value is -0.320. The van der Waals surface area contributed by atoms with Crippen LogP contribution in [0.15, 0.2) is 0 Å². The van der Waals surface area contributed by atoms with Gasteiger partial charge >= 0.3 is 0 Å². The van der Waals surface area contributed by atoms with Gasteiger partial charge in [-0.25, -0.2) is 0 Å². The minimum atomic E-state index is -0.458. The van der Waals surface area contributed by atoms with Crippen LogP contribution in [-0.2, 0) is 9.53 Å². The molecule has 0 aromatic heterocycles. The lowest BCUT2D eigenvalue weighted by Crippen LogP contribution is -2.47. The third kappa shape index (κ3) is 3.92. The Labute approximate surface area is 104 Å². The van der Waals surface area contributed by atoms with Gasteiger partial charge in [0.05, 0.1) is 0 Å². The number of likely N-dealkylation sites (tertiary alicyclic amines) is 1. The fourth-order valence-corrected chi connectivity index (χ4v) is 2.10. The zero-order chi connectivity index (χ0) is 11.3. The number of carbonyl (C=O) groups excluding carboxylic acids is 1. The van der Waals surface area contributed by atoms with Crippen molar-refractivity contribution >= 4 is 18.3 Å². The highest BCUT2D eigenvalue weighted by Gasteiger charge is 2.27. The fraction of sp³-hybridized carbons (Fsp3) is 0.909. The molecular formula is C11H23ClN2O2. The average molecular weight is 251 g/mol. The summed E-state index contributed by atoms with van der Waals surface area (Å²) in [6.07, 6.45) is 3.02. The summed E-state index contributed by atoms with van der Waals surface area (Å²) in [5.41, 5.74) is 5.49. The largest absolute Gasteiger partial charge is 0.370 e. The molecule has 2 N–H and O–H groups in total. The van der Waals surface area contributed by atoms with E-state index in [1.165, 1.54) is 13.5 Å². The maximum absolute atomic E-state index is 11.9. The van der Waals surface area contributed by atoms with E-state index in [0.29, 0.717) is 5.92 Å². The second-order valence-electron chi connectivity index (χ2n) is 4.16. The van der Waals surface area contributed by atoms with Gasteiger partial charge in [-0.15, -0.1) is 12.4 Å². The molecule has 0 spiro atoms. The predicted molar refractivity (Wildman–Crippen MR) is 66.7 cm³/mol. The van der Waals surface area contributed by atoms with Crippen LogP contribution in [0.4, 0.5) is 0 Å². The van der Waals surface area contributed by atoms with Crippen molar-refractivity contribution in [2.75, 3.05) is 26.7 Å². The molecule has 5 heteroatoms. The number of nitrogens with two attached hydrogens (primary N) is 1. The van der Waals surface area contributed by atoms with Crippen LogP contribution in [0.5, 0.6) is 0 Å². The summed E-state index contributed by atoms with van der Waals surface area (Å²) in [6.45, 7) is 4.17. The van der Waals surface area contributed by atoms with Gasteiger partial charge in [0.25, 0.3) is 5.91 Å². The quantitative estimate of drug-likeness (QED) is 0.811. The molecule has 1 fully saturated rings. The number of hydrogen-bond donors (Lipinski definition) is 1. The number of hydrogen-bond acceptors (Lipinski definition) is 3. The molecule has 96 valence electrons. The number of carbonyl (C=O) groups is 1. The maximum atomic E-state index is 11.9. The maximum Gasteiger partial charge on any atom is 0.253 e. The summed E-state index contributed by atoms with van der Waals surface area (Å²) >= 11 is 0. The zero-order valence-electron chi connectivity index (χ0n) is 10.1. The number of nitrogens with zero attached hydrogens (tertiary/aromatic N) is 1. The number of rotatable bonds is 4. The number of ether oxygens (including phenoxy) is 1. The zero-order valence-corrected chi connectivity index (χ0v) is 11.0. The summed E-state index contributed by atoms with van der Waals surface area (Å²) in [5, 5.41) is 0. The van der Waals surface area contributed by atoms with Crippen LogP contribution in [0.3, 0.4) is 0 Å². The molecule has 1 rings (SSSR count). The van der Waals surface area contributed by atoms with Gasteiger partial charge in [-0.1, -0.05) is 13.3 Å². The molecule has 1 saturated heterocycles. The Kier molecular flexibility index (Phi) is 7.72. The van der Waals surface area contributed by atoms with Gasteiger partial charge in [0, 0.05) is 26.7 Å². The highest BCUT2D eigenvalue weighted by atomic mass is 35.5. The molecule has 1 aliphatic rings. The van der Waals surface area contributed by atoms with E-state index in [0.717, 1.165) is 25.9 Å². The number of methoxy groups -OCH3 is 1. The monoisotopic (exact) mass is 250 g/mol. The van der Waals surface area contributed by atoms with Gasteiger partial charge in [0.15, 0.2) is 0 Å². The van der Waals surface area contributed by atoms with E-state index in [9.17, 15) is 4.79 Å². The van der Waals surface area contributed by atoms with Crippen molar-refractivity contribution in [2.24, 2.45) is 11.7 Å². The lowest BCUT2D eigenvalue weighted by Gasteiger charge is -2.34. The van der Waals surface area contributed by atoms with Gasteiger partial charge < -0.3 is 15.4 Å². The normalized spacial score (nSPS) is 22.4. The van der Waals surface area contributed by atoms with Crippen LogP contribution in [0.2, 0.25) is 0 Å². The second-order valence-corrected chi connectivity index (χ2v) is 4.16. The van der Waals surface area contributed by atoms with E-state index in [4.69, 9.17) is 10.5 Å². The molecule has 0 saturated carbocycles. The smallest absolute Gasteiger partial charge is 0.253 e. The Morgan fingerprint density at radius 3 is 2.81 bits per heavy atom. The van der Waals surface area contributed by atoms with E-state index in [1.807, 2.05) is 4.90 Å². The van der Waals surface area contributed by atoms with E-state index >= 15 is 0 Å². The molecule has 0 aliphatic carbocycles. The number of amides is 1. The molecule has 1 amide bonds. The molecular weight excluding hydrogens is 228 g/mol. The van der Waals surface area contributed by atoms with Crippen LogP contribution in [0, 0.1) is 5.92 Å². The highest BCUT2D eigenvalue weighted by molar-refractivity contribution is 5.85. The topological polar surface area (TPSA) is 55.6 Å². The summed E-state index contributed by atoms with van der Waals surface area (Å²) < 4.78 is 5.07. The third-order valence-corrected chi connectivity index (χ3v) is 3.18. The first kappa shape index (κ1) is 15.7. The summed E-state index contributed by atoms with van der Waals surface area (Å²) in [7, 11) is 1.54. The number of piperidine rings is 1. The number of halogens is 1. The van der Waals surface area contributed by atoms with Gasteiger partial charge in [-0.3, -0.25) is 4.79 Å². The van der Waals surface area contributed by atoms with Crippen molar-refractivity contribution in [3.05, 3.63) is 0 Å². The first-order chi connectivity index (χ1) is 7.22. The SMILES string of the molecule is CCC1CCCN(C(=O)C(CN)OC)C1.Cl. The molecule has 16 heavy (non-hydrogen) atoms. The second kappa shape index (κ2) is 7.87. The van der Waals surface area contributed by atoms with Crippen molar-refractivity contribution in [1.29, 1.82) is 0 Å². The van der Waals surface area contributed by atoms with Gasteiger partial charge in [-0.05, 0) is 18.8 Å². The van der Waals surface area contributed by atoms with Crippen LogP contribution in [0.25, 0.3) is 0 Å². The van der Waals surface area contributed by atoms with Crippen LogP contribution < -0.4 is 5.73 Å². The predicted octanol–water partition coefficient (Wildman–Crippen LogP) is 1.03. The van der Waals surface area contributed by atoms with E-state index < -0.39 is 6.10 Å². The van der Waals surface area contributed by atoms with Gasteiger partial charge in [-0.2, -0.15) is 0 Å². The van der Waals surface area contributed by atoms with Crippen molar-refractivity contribution in [3.63, 3.8) is 0 Å². The average Bonchev–Trinajstić information content (AvgIpc) is 2.30. The van der Waals surface area contributed by atoms with E-state index in [2.05, 4.69) is 6.92 Å². The summed E-state index contributed by atoms with van der Waals surface area (Å²) in [5.74, 6) is 0.705. The molecule has 0 aromatic rings.